The van der Waals surface area contributed by atoms with Gasteiger partial charge in [0, 0.05) is 13.1 Å². The molecule has 0 bridgehead atoms. The molecule has 1 heterocycles. The fraction of sp³-hybridized carbons (Fsp3) is 0.533. The number of nitrogens with zero attached hydrogens (tertiary/aromatic N) is 1. The zero-order valence-electron chi connectivity index (χ0n) is 11.8. The molecule has 0 saturated carbocycles. The number of ether oxygens (including phenoxy) is 1. The Morgan fingerprint density at radius 1 is 1.40 bits per heavy atom. The molecule has 0 radical (unpaired) electrons. The van der Waals surface area contributed by atoms with E-state index in [2.05, 4.69) is 5.43 Å². The average Bonchev–Trinajstić information content (AvgIpc) is 2.47. The summed E-state index contributed by atoms with van der Waals surface area (Å²) in [5.74, 6) is -0.407. The number of carbonyl (C=O) groups excluding carboxylic acids is 1. The van der Waals surface area contributed by atoms with Crippen LogP contribution in [0.3, 0.4) is 0 Å². The first-order chi connectivity index (χ1) is 9.70. The lowest BCUT2D eigenvalue weighted by molar-refractivity contribution is -0.152. The molecule has 1 atom stereocenters. The van der Waals surface area contributed by atoms with E-state index in [-0.39, 0.29) is 17.8 Å². The van der Waals surface area contributed by atoms with Gasteiger partial charge in [0.25, 0.3) is 0 Å². The maximum absolute atomic E-state index is 12.8. The van der Waals surface area contributed by atoms with Crippen LogP contribution in [0.4, 0.5) is 4.39 Å². The molecule has 1 N–H and O–H groups in total. The van der Waals surface area contributed by atoms with Gasteiger partial charge < -0.3 is 4.74 Å². The van der Waals surface area contributed by atoms with E-state index in [1.54, 1.807) is 12.1 Å². The molecule has 1 aromatic rings. The lowest BCUT2D eigenvalue weighted by Crippen LogP contribution is -2.52. The summed E-state index contributed by atoms with van der Waals surface area (Å²) in [4.78, 5) is 11.9. The van der Waals surface area contributed by atoms with E-state index in [0.29, 0.717) is 13.2 Å². The van der Waals surface area contributed by atoms with Crippen LogP contribution in [0.2, 0.25) is 0 Å². The summed E-state index contributed by atoms with van der Waals surface area (Å²) in [7, 11) is 0. The molecule has 1 saturated heterocycles. The number of halogens is 1. The number of hydrogen-bond donors (Lipinski definition) is 1. The molecular weight excluding hydrogens is 259 g/mol. The molecule has 0 amide bonds. The molecule has 20 heavy (non-hydrogen) atoms. The fourth-order valence-electron chi connectivity index (χ4n) is 2.40. The molecule has 1 aromatic carbocycles. The van der Waals surface area contributed by atoms with Crippen molar-refractivity contribution in [1.82, 2.24) is 10.4 Å². The number of nitrogens with one attached hydrogen (secondary N) is 1. The number of benzene rings is 1. The smallest absolute Gasteiger partial charge is 0.324 e. The summed E-state index contributed by atoms with van der Waals surface area (Å²) in [6.07, 6.45) is 2.92. The van der Waals surface area contributed by atoms with Gasteiger partial charge in [0.2, 0.25) is 0 Å². The van der Waals surface area contributed by atoms with Gasteiger partial charge in [-0.05, 0) is 43.9 Å². The average molecular weight is 280 g/mol. The van der Waals surface area contributed by atoms with Gasteiger partial charge in [0.15, 0.2) is 0 Å². The van der Waals surface area contributed by atoms with Gasteiger partial charge in [-0.15, -0.1) is 0 Å². The second kappa shape index (κ2) is 7.36. The number of piperidine rings is 1. The van der Waals surface area contributed by atoms with E-state index in [9.17, 15) is 9.18 Å². The Hall–Kier alpha value is -1.46. The van der Waals surface area contributed by atoms with Gasteiger partial charge in [-0.25, -0.2) is 14.8 Å². The quantitative estimate of drug-likeness (QED) is 0.840. The summed E-state index contributed by atoms with van der Waals surface area (Å²) in [6.45, 7) is 3.62. The van der Waals surface area contributed by atoms with Crippen LogP contribution in [-0.4, -0.2) is 30.2 Å². The van der Waals surface area contributed by atoms with Crippen LogP contribution < -0.4 is 5.43 Å². The van der Waals surface area contributed by atoms with Gasteiger partial charge >= 0.3 is 5.97 Å². The second-order valence-corrected chi connectivity index (χ2v) is 4.92. The molecule has 1 aliphatic rings. The van der Waals surface area contributed by atoms with Crippen LogP contribution in [0.5, 0.6) is 0 Å². The molecule has 1 unspecified atom stereocenters. The number of hydrogen-bond acceptors (Lipinski definition) is 4. The Balaban J connectivity index is 1.91. The molecule has 0 spiro atoms. The van der Waals surface area contributed by atoms with Gasteiger partial charge in [-0.3, -0.25) is 4.79 Å². The second-order valence-electron chi connectivity index (χ2n) is 4.92. The summed E-state index contributed by atoms with van der Waals surface area (Å²) < 4.78 is 18.0. The minimum atomic E-state index is -0.240. The normalized spacial score (nSPS) is 19.8. The molecule has 0 aliphatic carbocycles. The standard InChI is InChI=1S/C15H21FN2O2/c1-2-20-15(19)14-5-3-4-10-18(14)17-11-12-6-8-13(16)9-7-12/h6-9,14,17H,2-5,10-11H2,1H3. The van der Waals surface area contributed by atoms with Crippen LogP contribution >= 0.6 is 0 Å². The fourth-order valence-corrected chi connectivity index (χ4v) is 2.40. The van der Waals surface area contributed by atoms with Crippen molar-refractivity contribution >= 4 is 5.97 Å². The predicted octanol–water partition coefficient (Wildman–Crippen LogP) is 2.25. The van der Waals surface area contributed by atoms with Crippen LogP contribution in [0.25, 0.3) is 0 Å². The van der Waals surface area contributed by atoms with E-state index in [0.717, 1.165) is 31.4 Å². The highest BCUT2D eigenvalue weighted by Gasteiger charge is 2.29. The number of esters is 1. The molecular formula is C15H21FN2O2. The Morgan fingerprint density at radius 3 is 2.85 bits per heavy atom. The van der Waals surface area contributed by atoms with E-state index >= 15 is 0 Å². The zero-order valence-corrected chi connectivity index (χ0v) is 11.8. The van der Waals surface area contributed by atoms with E-state index in [1.807, 2.05) is 11.9 Å². The third-order valence-electron chi connectivity index (χ3n) is 3.46. The monoisotopic (exact) mass is 280 g/mol. The third kappa shape index (κ3) is 4.02. The van der Waals surface area contributed by atoms with Crippen molar-refractivity contribution in [3.8, 4) is 0 Å². The first-order valence-corrected chi connectivity index (χ1v) is 7.12. The van der Waals surface area contributed by atoms with Crippen LogP contribution in [0, 0.1) is 5.82 Å². The van der Waals surface area contributed by atoms with Gasteiger partial charge in [-0.2, -0.15) is 0 Å². The van der Waals surface area contributed by atoms with Crippen molar-refractivity contribution in [2.45, 2.75) is 38.8 Å². The van der Waals surface area contributed by atoms with Crippen LogP contribution in [-0.2, 0) is 16.1 Å². The molecule has 110 valence electrons. The number of hydrazine groups is 1. The Morgan fingerprint density at radius 2 is 2.15 bits per heavy atom. The Kier molecular flexibility index (Phi) is 5.49. The molecule has 0 aromatic heterocycles. The maximum Gasteiger partial charge on any atom is 0.324 e. The minimum absolute atomic E-state index is 0.168. The van der Waals surface area contributed by atoms with Crippen molar-refractivity contribution in [2.24, 2.45) is 0 Å². The highest BCUT2D eigenvalue weighted by atomic mass is 19.1. The SMILES string of the molecule is CCOC(=O)C1CCCCN1NCc1ccc(F)cc1. The number of rotatable bonds is 5. The van der Waals surface area contributed by atoms with Crippen molar-refractivity contribution in [3.63, 3.8) is 0 Å². The summed E-state index contributed by atoms with van der Waals surface area (Å²) >= 11 is 0. The maximum atomic E-state index is 12.8. The summed E-state index contributed by atoms with van der Waals surface area (Å²) in [5, 5.41) is 1.95. The minimum Gasteiger partial charge on any atom is -0.465 e. The molecule has 4 nitrogen and oxygen atoms in total. The Labute approximate surface area is 118 Å². The van der Waals surface area contributed by atoms with E-state index in [1.165, 1.54) is 12.1 Å². The van der Waals surface area contributed by atoms with Crippen LogP contribution in [0.1, 0.15) is 31.7 Å². The molecule has 1 aliphatic heterocycles. The summed E-state index contributed by atoms with van der Waals surface area (Å²) in [6, 6.07) is 6.15. The third-order valence-corrected chi connectivity index (χ3v) is 3.46. The first-order valence-electron chi connectivity index (χ1n) is 7.12. The van der Waals surface area contributed by atoms with Crippen LogP contribution in [0.15, 0.2) is 24.3 Å². The first kappa shape index (κ1) is 14.9. The topological polar surface area (TPSA) is 41.6 Å². The predicted molar refractivity (Wildman–Crippen MR) is 74.2 cm³/mol. The van der Waals surface area contributed by atoms with Gasteiger partial charge in [0.05, 0.1) is 6.61 Å². The molecule has 1 fully saturated rings. The Bertz CT molecular complexity index is 436. The largest absolute Gasteiger partial charge is 0.465 e. The van der Waals surface area contributed by atoms with E-state index in [4.69, 9.17) is 4.74 Å². The van der Waals surface area contributed by atoms with Crippen molar-refractivity contribution in [3.05, 3.63) is 35.6 Å². The molecule has 2 rings (SSSR count). The highest BCUT2D eigenvalue weighted by molar-refractivity contribution is 5.75. The highest BCUT2D eigenvalue weighted by Crippen LogP contribution is 2.16. The lowest BCUT2D eigenvalue weighted by atomic mass is 10.0. The number of carbonyl (C=O) groups is 1. The van der Waals surface area contributed by atoms with Gasteiger partial charge in [-0.1, -0.05) is 12.1 Å². The zero-order chi connectivity index (χ0) is 14.4. The van der Waals surface area contributed by atoms with Crippen molar-refractivity contribution < 1.29 is 13.9 Å². The van der Waals surface area contributed by atoms with Gasteiger partial charge in [0.1, 0.15) is 11.9 Å². The van der Waals surface area contributed by atoms with Crippen molar-refractivity contribution in [1.29, 1.82) is 0 Å². The summed E-state index contributed by atoms with van der Waals surface area (Å²) in [5.41, 5.74) is 4.24. The lowest BCUT2D eigenvalue weighted by Gasteiger charge is -2.34. The van der Waals surface area contributed by atoms with Crippen molar-refractivity contribution in [2.75, 3.05) is 13.2 Å². The van der Waals surface area contributed by atoms with E-state index < -0.39 is 0 Å². The molecule has 5 heteroatoms.